The monoisotopic (exact) mass is 274 g/mol. The minimum Gasteiger partial charge on any atom is -0.461 e. The maximum atomic E-state index is 12.4. The molecule has 0 spiro atoms. The predicted octanol–water partition coefficient (Wildman–Crippen LogP) is 1.08. The lowest BCUT2D eigenvalue weighted by atomic mass is 9.95. The molecule has 3 rings (SSSR count). The van der Waals surface area contributed by atoms with Gasteiger partial charge in [-0.15, -0.1) is 0 Å². The number of nitrogens with one attached hydrogen (secondary N) is 1. The second kappa shape index (κ2) is 4.33. The van der Waals surface area contributed by atoms with Gasteiger partial charge < -0.3 is 14.6 Å². The number of Topliss-reactive ketones (excluding diaryl/α,β-unsaturated/α-hetero) is 1. The summed E-state index contributed by atoms with van der Waals surface area (Å²) in [5, 5.41) is 0. The van der Waals surface area contributed by atoms with Crippen LogP contribution in [0.4, 0.5) is 0 Å². The summed E-state index contributed by atoms with van der Waals surface area (Å²) in [6.07, 6.45) is 1.34. The van der Waals surface area contributed by atoms with Gasteiger partial charge >= 0.3 is 5.97 Å². The molecule has 1 saturated heterocycles. The van der Waals surface area contributed by atoms with Crippen LogP contribution in [0.15, 0.2) is 11.8 Å². The van der Waals surface area contributed by atoms with E-state index in [1.165, 1.54) is 6.08 Å². The second-order valence-electron chi connectivity index (χ2n) is 4.81. The van der Waals surface area contributed by atoms with E-state index in [0.29, 0.717) is 16.8 Å². The van der Waals surface area contributed by atoms with E-state index in [2.05, 4.69) is 4.98 Å². The van der Waals surface area contributed by atoms with E-state index in [0.717, 1.165) is 13.1 Å². The number of carbonyl (C=O) groups excluding carboxylic acids is 3. The molecule has 2 aliphatic rings. The maximum absolute atomic E-state index is 12.4. The van der Waals surface area contributed by atoms with Crippen LogP contribution in [0.1, 0.15) is 43.8 Å². The smallest absolute Gasteiger partial charge is 0.355 e. The molecule has 0 bridgehead atoms. The fourth-order valence-corrected chi connectivity index (χ4v) is 2.39. The molecule has 1 fully saturated rings. The van der Waals surface area contributed by atoms with Crippen LogP contribution < -0.4 is 0 Å². The summed E-state index contributed by atoms with van der Waals surface area (Å²) in [5.74, 6) is -1.03. The highest BCUT2D eigenvalue weighted by Gasteiger charge is 2.37. The molecule has 2 heterocycles. The van der Waals surface area contributed by atoms with Crippen molar-refractivity contribution >= 4 is 17.5 Å². The quantitative estimate of drug-likeness (QED) is 0.659. The number of ether oxygens (including phenoxy) is 1. The third kappa shape index (κ3) is 1.76. The number of hydrogen-bond acceptors (Lipinski definition) is 5. The lowest BCUT2D eigenvalue weighted by Crippen LogP contribution is -2.21. The Bertz CT molecular complexity index is 665. The Kier molecular flexibility index (Phi) is 2.74. The van der Waals surface area contributed by atoms with Gasteiger partial charge in [0.25, 0.3) is 0 Å². The highest BCUT2D eigenvalue weighted by Crippen LogP contribution is 2.30. The Labute approximate surface area is 115 Å². The van der Waals surface area contributed by atoms with Crippen LogP contribution in [-0.4, -0.2) is 47.1 Å². The van der Waals surface area contributed by atoms with Crippen molar-refractivity contribution in [3.05, 3.63) is 34.3 Å². The van der Waals surface area contributed by atoms with Crippen LogP contribution in [0.3, 0.4) is 0 Å². The van der Waals surface area contributed by atoms with Crippen LogP contribution in [0.25, 0.3) is 0 Å². The van der Waals surface area contributed by atoms with Crippen molar-refractivity contribution in [3.63, 3.8) is 0 Å². The second-order valence-corrected chi connectivity index (χ2v) is 4.81. The van der Waals surface area contributed by atoms with E-state index in [9.17, 15) is 14.4 Å². The zero-order chi connectivity index (χ0) is 14.4. The Morgan fingerprint density at radius 2 is 2.10 bits per heavy atom. The summed E-state index contributed by atoms with van der Waals surface area (Å²) >= 11 is 0. The lowest BCUT2D eigenvalue weighted by molar-refractivity contribution is 0.0519. The van der Waals surface area contributed by atoms with Gasteiger partial charge in [0.05, 0.1) is 23.6 Å². The molecule has 0 amide bonds. The molecule has 0 atom stereocenters. The molecule has 0 saturated carbocycles. The number of esters is 1. The van der Waals surface area contributed by atoms with Crippen LogP contribution in [0, 0.1) is 6.92 Å². The van der Waals surface area contributed by atoms with Crippen molar-refractivity contribution in [3.8, 4) is 0 Å². The minimum absolute atomic E-state index is 0.180. The lowest BCUT2D eigenvalue weighted by Gasteiger charge is -2.13. The van der Waals surface area contributed by atoms with Crippen molar-refractivity contribution in [2.45, 2.75) is 13.8 Å². The van der Waals surface area contributed by atoms with Crippen LogP contribution in [-0.2, 0) is 4.74 Å². The van der Waals surface area contributed by atoms with Crippen LogP contribution >= 0.6 is 0 Å². The molecule has 1 aromatic rings. The Morgan fingerprint density at radius 3 is 2.70 bits per heavy atom. The van der Waals surface area contributed by atoms with Crippen molar-refractivity contribution in [2.24, 2.45) is 0 Å². The number of hydrogen-bond donors (Lipinski definition) is 1. The summed E-state index contributed by atoms with van der Waals surface area (Å²) in [6, 6.07) is 0. The molecule has 1 aliphatic carbocycles. The number of allylic oxidation sites excluding steroid dienone is 2. The number of aromatic amines is 1. The fraction of sp³-hybridized carbons (Fsp3) is 0.357. The van der Waals surface area contributed by atoms with Gasteiger partial charge in [-0.3, -0.25) is 9.59 Å². The molecule has 0 radical (unpaired) electrons. The van der Waals surface area contributed by atoms with Crippen molar-refractivity contribution < 1.29 is 19.1 Å². The number of nitrogens with zero attached hydrogens (tertiary/aromatic N) is 1. The summed E-state index contributed by atoms with van der Waals surface area (Å²) in [7, 11) is 0. The van der Waals surface area contributed by atoms with E-state index >= 15 is 0 Å². The van der Waals surface area contributed by atoms with E-state index in [-0.39, 0.29) is 29.6 Å². The SMILES string of the molecule is CCOC(=O)c1[nH]c2c(c1C)C(=O)C(N1CC1)=CC2=O. The third-order valence-corrected chi connectivity index (χ3v) is 3.49. The molecule has 0 aromatic carbocycles. The number of rotatable bonds is 3. The first-order chi connectivity index (χ1) is 9.54. The molecular weight excluding hydrogens is 260 g/mol. The molecule has 6 heteroatoms. The van der Waals surface area contributed by atoms with Gasteiger partial charge in [-0.1, -0.05) is 0 Å². The number of carbonyl (C=O) groups is 3. The van der Waals surface area contributed by atoms with Crippen molar-refractivity contribution in [1.29, 1.82) is 0 Å². The average molecular weight is 274 g/mol. The highest BCUT2D eigenvalue weighted by molar-refractivity contribution is 6.25. The summed E-state index contributed by atoms with van der Waals surface area (Å²) in [4.78, 5) is 40.9. The molecular formula is C14H14N2O4. The maximum Gasteiger partial charge on any atom is 0.355 e. The van der Waals surface area contributed by atoms with Gasteiger partial charge in [0.1, 0.15) is 5.69 Å². The van der Waals surface area contributed by atoms with Crippen LogP contribution in [0.5, 0.6) is 0 Å². The number of ketones is 2. The molecule has 104 valence electrons. The minimum atomic E-state index is -0.548. The number of aromatic nitrogens is 1. The van der Waals surface area contributed by atoms with Gasteiger partial charge in [-0.2, -0.15) is 0 Å². The van der Waals surface area contributed by atoms with E-state index in [1.807, 2.05) is 4.90 Å². The fourth-order valence-electron chi connectivity index (χ4n) is 2.39. The zero-order valence-corrected chi connectivity index (χ0v) is 11.3. The topological polar surface area (TPSA) is 79.2 Å². The molecule has 20 heavy (non-hydrogen) atoms. The van der Waals surface area contributed by atoms with E-state index in [4.69, 9.17) is 4.74 Å². The number of fused-ring (bicyclic) bond motifs is 1. The van der Waals surface area contributed by atoms with Gasteiger partial charge in [-0.05, 0) is 19.4 Å². The third-order valence-electron chi connectivity index (χ3n) is 3.49. The van der Waals surface area contributed by atoms with Crippen LogP contribution in [0.2, 0.25) is 0 Å². The molecule has 0 unspecified atom stereocenters. The van der Waals surface area contributed by atoms with Crippen molar-refractivity contribution in [1.82, 2.24) is 9.88 Å². The zero-order valence-electron chi connectivity index (χ0n) is 11.3. The largest absolute Gasteiger partial charge is 0.461 e. The first-order valence-electron chi connectivity index (χ1n) is 6.50. The molecule has 1 aromatic heterocycles. The van der Waals surface area contributed by atoms with Gasteiger partial charge in [0.2, 0.25) is 11.6 Å². The summed E-state index contributed by atoms with van der Waals surface area (Å²) < 4.78 is 4.92. The standard InChI is InChI=1S/C14H14N2O4/c1-3-20-14(19)11-7(2)10-12(15-11)9(17)6-8(13(10)18)16-4-5-16/h6,15H,3-5H2,1-2H3. The van der Waals surface area contributed by atoms with Gasteiger partial charge in [-0.25, -0.2) is 4.79 Å². The first kappa shape index (κ1) is 12.7. The molecule has 1 aliphatic heterocycles. The molecule has 1 N–H and O–H groups in total. The first-order valence-corrected chi connectivity index (χ1v) is 6.50. The van der Waals surface area contributed by atoms with E-state index in [1.54, 1.807) is 13.8 Å². The Balaban J connectivity index is 2.07. The highest BCUT2D eigenvalue weighted by atomic mass is 16.5. The predicted molar refractivity (Wildman–Crippen MR) is 69.8 cm³/mol. The van der Waals surface area contributed by atoms with E-state index < -0.39 is 5.97 Å². The number of H-pyrrole nitrogens is 1. The van der Waals surface area contributed by atoms with Gasteiger partial charge in [0.15, 0.2) is 0 Å². The Morgan fingerprint density at radius 1 is 1.40 bits per heavy atom. The summed E-state index contributed by atoms with van der Waals surface area (Å²) in [5.41, 5.74) is 1.55. The Hall–Kier alpha value is -2.37. The van der Waals surface area contributed by atoms with Gasteiger partial charge in [0, 0.05) is 19.2 Å². The normalized spacial score (nSPS) is 16.9. The van der Waals surface area contributed by atoms with Crippen molar-refractivity contribution in [2.75, 3.05) is 19.7 Å². The average Bonchev–Trinajstić information content (AvgIpc) is 3.17. The summed E-state index contributed by atoms with van der Waals surface area (Å²) in [6.45, 7) is 5.16. The molecule has 6 nitrogen and oxygen atoms in total.